The van der Waals surface area contributed by atoms with Gasteiger partial charge in [-0.2, -0.15) is 4.98 Å². The van der Waals surface area contributed by atoms with Crippen LogP contribution >= 0.6 is 46.1 Å². The lowest BCUT2D eigenvalue weighted by atomic mass is 10.4. The topological polar surface area (TPSA) is 44.1 Å². The number of hydrogen-bond donors (Lipinski definition) is 0. The van der Waals surface area contributed by atoms with Crippen molar-refractivity contribution in [2.45, 2.75) is 30.6 Å². The van der Waals surface area contributed by atoms with Crippen LogP contribution in [0.1, 0.15) is 19.8 Å². The maximum atomic E-state index is 12.5. The van der Waals surface area contributed by atoms with Crippen molar-refractivity contribution in [3.8, 4) is 6.01 Å². The highest BCUT2D eigenvalue weighted by atomic mass is 35.5. The average Bonchev–Trinajstić information content (AvgIpc) is 2.84. The number of alkyl halides is 2. The maximum absolute atomic E-state index is 12.5. The molecule has 1 unspecified atom stereocenters. The van der Waals surface area contributed by atoms with Crippen LogP contribution in [0.25, 0.3) is 10.2 Å². The quantitative estimate of drug-likeness (QED) is 0.748. The first-order valence-electron chi connectivity index (χ1n) is 6.63. The van der Waals surface area contributed by atoms with Crippen LogP contribution < -0.4 is 10.3 Å². The van der Waals surface area contributed by atoms with Gasteiger partial charge >= 0.3 is 6.01 Å². The minimum absolute atomic E-state index is 0.0791. The lowest BCUT2D eigenvalue weighted by molar-refractivity contribution is 0.257. The van der Waals surface area contributed by atoms with Crippen LogP contribution in [0.2, 0.25) is 4.34 Å². The molecule has 0 amide bonds. The Hall–Kier alpha value is -0.490. The molecular weight excluding hydrogens is 355 g/mol. The molecule has 0 spiro atoms. The number of halogens is 3. The molecule has 0 bridgehead atoms. The second-order valence-corrected chi connectivity index (χ2v) is 8.30. The molecule has 2 aromatic heterocycles. The van der Waals surface area contributed by atoms with Crippen LogP contribution in [0.3, 0.4) is 0 Å². The van der Waals surface area contributed by atoms with E-state index < -0.39 is 4.33 Å². The van der Waals surface area contributed by atoms with Gasteiger partial charge in [-0.15, -0.1) is 34.5 Å². The van der Waals surface area contributed by atoms with Gasteiger partial charge in [-0.05, 0) is 18.9 Å². The van der Waals surface area contributed by atoms with Gasteiger partial charge in [0, 0.05) is 12.5 Å². The van der Waals surface area contributed by atoms with E-state index in [1.54, 1.807) is 6.07 Å². The second-order valence-electron chi connectivity index (χ2n) is 5.09. The Morgan fingerprint density at radius 3 is 2.90 bits per heavy atom. The van der Waals surface area contributed by atoms with E-state index in [9.17, 15) is 4.79 Å². The monoisotopic (exact) mass is 366 g/mol. The molecule has 21 heavy (non-hydrogen) atoms. The van der Waals surface area contributed by atoms with Crippen molar-refractivity contribution >= 4 is 56.4 Å². The number of aromatic nitrogens is 2. The molecule has 1 fully saturated rings. The van der Waals surface area contributed by atoms with E-state index in [1.807, 2.05) is 6.92 Å². The van der Waals surface area contributed by atoms with E-state index in [-0.39, 0.29) is 11.5 Å². The van der Waals surface area contributed by atoms with E-state index in [0.717, 1.165) is 6.42 Å². The maximum Gasteiger partial charge on any atom is 0.300 e. The molecule has 0 saturated heterocycles. The van der Waals surface area contributed by atoms with Gasteiger partial charge in [-0.1, -0.05) is 18.5 Å². The molecule has 2 aromatic rings. The van der Waals surface area contributed by atoms with Gasteiger partial charge in [-0.25, -0.2) is 0 Å². The summed E-state index contributed by atoms with van der Waals surface area (Å²) in [6.45, 7) is 2.89. The van der Waals surface area contributed by atoms with Gasteiger partial charge in [0.15, 0.2) is 0 Å². The Morgan fingerprint density at radius 2 is 2.29 bits per heavy atom. The van der Waals surface area contributed by atoms with Crippen molar-refractivity contribution in [3.05, 3.63) is 20.8 Å². The lowest BCUT2D eigenvalue weighted by Gasteiger charge is -2.12. The zero-order valence-electron chi connectivity index (χ0n) is 11.2. The molecular formula is C13H13Cl3N2O2S. The smallest absolute Gasteiger partial charge is 0.300 e. The van der Waals surface area contributed by atoms with Crippen LogP contribution in [-0.4, -0.2) is 20.5 Å². The summed E-state index contributed by atoms with van der Waals surface area (Å²) >= 11 is 19.2. The fraction of sp³-hybridized carbons (Fsp3) is 0.538. The van der Waals surface area contributed by atoms with Crippen LogP contribution in [-0.2, 0) is 6.54 Å². The van der Waals surface area contributed by atoms with Crippen molar-refractivity contribution in [2.75, 3.05) is 6.61 Å². The normalized spacial score (nSPS) is 19.9. The number of nitrogens with zero attached hydrogens (tertiary/aromatic N) is 2. The fourth-order valence-corrected chi connectivity index (χ4v) is 3.69. The third-order valence-electron chi connectivity index (χ3n) is 3.40. The number of ether oxygens (including phenoxy) is 1. The fourth-order valence-electron chi connectivity index (χ4n) is 2.12. The van der Waals surface area contributed by atoms with Gasteiger partial charge in [0.05, 0.1) is 16.3 Å². The largest absolute Gasteiger partial charge is 0.464 e. The Bertz CT molecular complexity index is 741. The highest BCUT2D eigenvalue weighted by Crippen LogP contribution is 2.53. The molecule has 0 radical (unpaired) electrons. The Labute approximate surface area is 140 Å². The zero-order chi connectivity index (χ0) is 15.2. The van der Waals surface area contributed by atoms with Crippen LogP contribution in [0.4, 0.5) is 0 Å². The Balaban J connectivity index is 1.95. The summed E-state index contributed by atoms with van der Waals surface area (Å²) in [6.07, 6.45) is 1.50. The molecule has 4 nitrogen and oxygen atoms in total. The van der Waals surface area contributed by atoms with Gasteiger partial charge in [-0.3, -0.25) is 9.36 Å². The van der Waals surface area contributed by atoms with E-state index >= 15 is 0 Å². The van der Waals surface area contributed by atoms with Gasteiger partial charge < -0.3 is 4.74 Å². The Morgan fingerprint density at radius 1 is 1.57 bits per heavy atom. The summed E-state index contributed by atoms with van der Waals surface area (Å²) in [6, 6.07) is 1.96. The van der Waals surface area contributed by atoms with Gasteiger partial charge in [0.1, 0.15) is 9.16 Å². The van der Waals surface area contributed by atoms with E-state index in [4.69, 9.17) is 39.5 Å². The lowest BCUT2D eigenvalue weighted by Crippen LogP contribution is -2.23. The van der Waals surface area contributed by atoms with E-state index in [2.05, 4.69) is 4.98 Å². The molecule has 0 N–H and O–H groups in total. The molecule has 0 aromatic carbocycles. The first kappa shape index (κ1) is 15.4. The van der Waals surface area contributed by atoms with Crippen LogP contribution in [0.15, 0.2) is 10.9 Å². The van der Waals surface area contributed by atoms with E-state index in [1.165, 1.54) is 15.9 Å². The van der Waals surface area contributed by atoms with Crippen molar-refractivity contribution in [3.63, 3.8) is 0 Å². The summed E-state index contributed by atoms with van der Waals surface area (Å²) < 4.78 is 7.07. The van der Waals surface area contributed by atoms with Crippen molar-refractivity contribution in [1.82, 2.24) is 9.55 Å². The van der Waals surface area contributed by atoms with Crippen molar-refractivity contribution in [1.29, 1.82) is 0 Å². The zero-order valence-corrected chi connectivity index (χ0v) is 14.3. The molecule has 0 aliphatic heterocycles. The number of fused-ring (bicyclic) bond motifs is 1. The predicted octanol–water partition coefficient (Wildman–Crippen LogP) is 4.09. The first-order valence-corrected chi connectivity index (χ1v) is 8.58. The molecule has 3 rings (SSSR count). The molecule has 114 valence electrons. The third kappa shape index (κ3) is 3.02. The SMILES string of the molecule is CCCn1c(OCC2CC2(Cl)Cl)nc2sc(Cl)cc2c1=O. The average molecular weight is 368 g/mol. The van der Waals surface area contributed by atoms with Crippen molar-refractivity contribution in [2.24, 2.45) is 5.92 Å². The second kappa shape index (κ2) is 5.61. The Kier molecular flexibility index (Phi) is 4.12. The van der Waals surface area contributed by atoms with Crippen LogP contribution in [0.5, 0.6) is 6.01 Å². The first-order chi connectivity index (χ1) is 9.92. The highest BCUT2D eigenvalue weighted by molar-refractivity contribution is 7.22. The number of rotatable bonds is 5. The summed E-state index contributed by atoms with van der Waals surface area (Å²) in [5.74, 6) is 0.0791. The predicted molar refractivity (Wildman–Crippen MR) is 87.2 cm³/mol. The van der Waals surface area contributed by atoms with Gasteiger partial charge in [0.25, 0.3) is 5.56 Å². The molecule has 1 saturated carbocycles. The standard InChI is InChI=1S/C13H13Cl3N2O2S/c1-2-3-18-11(19)8-4-9(14)21-10(8)17-12(18)20-6-7-5-13(7,15)16/h4,7H,2-3,5-6H2,1H3. The number of hydrogen-bond acceptors (Lipinski definition) is 4. The molecule has 1 aliphatic carbocycles. The molecule has 1 aliphatic rings. The summed E-state index contributed by atoms with van der Waals surface area (Å²) in [7, 11) is 0. The molecule has 8 heteroatoms. The van der Waals surface area contributed by atoms with Crippen LogP contribution in [0, 0.1) is 5.92 Å². The number of thiophene rings is 1. The highest BCUT2D eigenvalue weighted by Gasteiger charge is 2.52. The summed E-state index contributed by atoms with van der Waals surface area (Å²) in [5, 5.41) is 0.529. The van der Waals surface area contributed by atoms with Crippen molar-refractivity contribution < 1.29 is 4.74 Å². The minimum atomic E-state index is -0.702. The minimum Gasteiger partial charge on any atom is -0.464 e. The van der Waals surface area contributed by atoms with E-state index in [0.29, 0.717) is 40.1 Å². The molecule has 1 atom stereocenters. The summed E-state index contributed by atoms with van der Waals surface area (Å²) in [5.41, 5.74) is -0.126. The third-order valence-corrected chi connectivity index (χ3v) is 5.49. The summed E-state index contributed by atoms with van der Waals surface area (Å²) in [4.78, 5) is 17.5. The van der Waals surface area contributed by atoms with Gasteiger partial charge in [0.2, 0.25) is 0 Å². The molecule has 2 heterocycles.